The van der Waals surface area contributed by atoms with Crippen molar-refractivity contribution in [2.45, 2.75) is 50.9 Å². The second-order valence-electron chi connectivity index (χ2n) is 9.92. The second kappa shape index (κ2) is 10.5. The quantitative estimate of drug-likeness (QED) is 0.396. The number of carbonyl (C=O) groups is 2. The number of amides is 2. The van der Waals surface area contributed by atoms with E-state index >= 15 is 0 Å². The molecule has 1 N–H and O–H groups in total. The highest BCUT2D eigenvalue weighted by molar-refractivity contribution is 5.89. The van der Waals surface area contributed by atoms with Crippen LogP contribution in [0.15, 0.2) is 85.2 Å². The Labute approximate surface area is 216 Å². The third-order valence-electron chi connectivity index (χ3n) is 7.05. The number of carbonyl (C=O) groups excluding carboxylic acids is 2. The van der Waals surface area contributed by atoms with Crippen molar-refractivity contribution in [2.24, 2.45) is 0 Å². The van der Waals surface area contributed by atoms with Crippen molar-refractivity contribution in [3.63, 3.8) is 0 Å². The van der Waals surface area contributed by atoms with Crippen molar-refractivity contribution in [1.29, 1.82) is 0 Å². The highest BCUT2D eigenvalue weighted by atomic mass is 19.1. The van der Waals surface area contributed by atoms with Crippen LogP contribution in [0.2, 0.25) is 0 Å². The van der Waals surface area contributed by atoms with Gasteiger partial charge in [-0.1, -0.05) is 74.5 Å². The van der Waals surface area contributed by atoms with E-state index in [2.05, 4.69) is 36.3 Å². The van der Waals surface area contributed by atoms with Crippen molar-refractivity contribution >= 4 is 17.5 Å². The van der Waals surface area contributed by atoms with Crippen LogP contribution in [0.25, 0.3) is 5.65 Å². The summed E-state index contributed by atoms with van der Waals surface area (Å²) in [4.78, 5) is 32.6. The molecule has 0 bridgehead atoms. The lowest BCUT2D eigenvalue weighted by Gasteiger charge is -2.27. The van der Waals surface area contributed by atoms with Gasteiger partial charge in [0.25, 0.3) is 0 Å². The van der Waals surface area contributed by atoms with E-state index in [4.69, 9.17) is 0 Å². The molecular weight excluding hydrogens is 467 g/mol. The van der Waals surface area contributed by atoms with Crippen molar-refractivity contribution in [2.75, 3.05) is 6.54 Å². The molecule has 7 heteroatoms. The maximum absolute atomic E-state index is 14.6. The van der Waals surface area contributed by atoms with Gasteiger partial charge in [0, 0.05) is 18.8 Å². The summed E-state index contributed by atoms with van der Waals surface area (Å²) < 4.78 is 16.4. The van der Waals surface area contributed by atoms with Crippen LogP contribution >= 0.6 is 0 Å². The Morgan fingerprint density at radius 3 is 2.38 bits per heavy atom. The first-order valence-electron chi connectivity index (χ1n) is 12.7. The van der Waals surface area contributed by atoms with E-state index in [0.717, 1.165) is 16.8 Å². The zero-order chi connectivity index (χ0) is 25.9. The van der Waals surface area contributed by atoms with Gasteiger partial charge in [0.1, 0.15) is 17.9 Å². The summed E-state index contributed by atoms with van der Waals surface area (Å²) in [7, 11) is 0. The number of nitrogens with one attached hydrogen (secondary N) is 1. The molecule has 1 aliphatic rings. The van der Waals surface area contributed by atoms with E-state index in [1.165, 1.54) is 10.5 Å². The third-order valence-corrected chi connectivity index (χ3v) is 7.05. The lowest BCUT2D eigenvalue weighted by Crippen LogP contribution is -2.47. The van der Waals surface area contributed by atoms with E-state index in [-0.39, 0.29) is 31.2 Å². The largest absolute Gasteiger partial charge is 0.343 e. The smallest absolute Gasteiger partial charge is 0.243 e. The van der Waals surface area contributed by atoms with Crippen molar-refractivity contribution < 1.29 is 14.0 Å². The molecule has 3 atom stereocenters. The standard InChI is InChI=1S/C30H31FN4O2/c1-20(2)21-11-13-23(14-12-21)29(22-8-4-3-5-9-22)33-30(37)26-16-24(31)19-35(26)28(36)17-25-18-32-27-10-6-7-15-34(25)27/h3-15,18,20,24,26,29H,16-17,19H2,1-2H3,(H,33,37). The second-order valence-corrected chi connectivity index (χ2v) is 9.92. The number of alkyl halides is 1. The van der Waals surface area contributed by atoms with Gasteiger partial charge in [-0.2, -0.15) is 0 Å². The van der Waals surface area contributed by atoms with E-state index in [9.17, 15) is 14.0 Å². The number of aromatic nitrogens is 2. The molecule has 0 radical (unpaired) electrons. The number of imidazole rings is 1. The van der Waals surface area contributed by atoms with E-state index < -0.39 is 18.3 Å². The molecule has 1 saturated heterocycles. The molecule has 3 heterocycles. The minimum Gasteiger partial charge on any atom is -0.343 e. The summed E-state index contributed by atoms with van der Waals surface area (Å²) in [6, 6.07) is 22.2. The van der Waals surface area contributed by atoms with E-state index in [0.29, 0.717) is 11.6 Å². The van der Waals surface area contributed by atoms with Gasteiger partial charge in [0.15, 0.2) is 0 Å². The van der Waals surface area contributed by atoms with Gasteiger partial charge in [-0.25, -0.2) is 9.37 Å². The van der Waals surface area contributed by atoms with Crippen LogP contribution in [0.3, 0.4) is 0 Å². The van der Waals surface area contributed by atoms with Crippen LogP contribution < -0.4 is 5.32 Å². The number of rotatable bonds is 7. The Kier molecular flexibility index (Phi) is 7.04. The minimum absolute atomic E-state index is 0.0154. The Hall–Kier alpha value is -4.00. The first-order valence-corrected chi connectivity index (χ1v) is 12.7. The molecule has 5 rings (SSSR count). The predicted octanol–water partition coefficient (Wildman–Crippen LogP) is 4.85. The minimum atomic E-state index is -1.25. The highest BCUT2D eigenvalue weighted by Gasteiger charge is 2.40. The van der Waals surface area contributed by atoms with Gasteiger partial charge < -0.3 is 14.6 Å². The summed E-state index contributed by atoms with van der Waals surface area (Å²) >= 11 is 0. The maximum atomic E-state index is 14.6. The monoisotopic (exact) mass is 498 g/mol. The van der Waals surface area contributed by atoms with Crippen molar-refractivity contribution in [1.82, 2.24) is 19.6 Å². The van der Waals surface area contributed by atoms with Gasteiger partial charge in [-0.3, -0.25) is 9.59 Å². The lowest BCUT2D eigenvalue weighted by molar-refractivity contribution is -0.138. The highest BCUT2D eigenvalue weighted by Crippen LogP contribution is 2.27. The Morgan fingerprint density at radius 1 is 0.973 bits per heavy atom. The van der Waals surface area contributed by atoms with Crippen LogP contribution in [-0.4, -0.2) is 44.9 Å². The molecule has 1 aliphatic heterocycles. The summed E-state index contributed by atoms with van der Waals surface area (Å²) in [5.74, 6) is -0.247. The Bertz CT molecular complexity index is 1380. The molecule has 4 aromatic rings. The van der Waals surface area contributed by atoms with Crippen molar-refractivity contribution in [3.8, 4) is 0 Å². The summed E-state index contributed by atoms with van der Waals surface area (Å²) in [6.45, 7) is 4.18. The van der Waals surface area contributed by atoms with Gasteiger partial charge >= 0.3 is 0 Å². The molecule has 37 heavy (non-hydrogen) atoms. The van der Waals surface area contributed by atoms with Crippen LogP contribution in [0, 0.1) is 0 Å². The first kappa shape index (κ1) is 24.7. The maximum Gasteiger partial charge on any atom is 0.243 e. The summed E-state index contributed by atoms with van der Waals surface area (Å²) in [5.41, 5.74) is 4.50. The van der Waals surface area contributed by atoms with Crippen molar-refractivity contribution in [3.05, 3.63) is 108 Å². The Morgan fingerprint density at radius 2 is 1.65 bits per heavy atom. The molecule has 2 aromatic carbocycles. The molecule has 0 aliphatic carbocycles. The molecule has 6 nitrogen and oxygen atoms in total. The average Bonchev–Trinajstić information content (AvgIpc) is 3.51. The van der Waals surface area contributed by atoms with Gasteiger partial charge in [-0.15, -0.1) is 0 Å². The molecule has 0 spiro atoms. The third kappa shape index (κ3) is 5.26. The topological polar surface area (TPSA) is 66.7 Å². The fourth-order valence-electron chi connectivity index (χ4n) is 5.00. The molecule has 2 aromatic heterocycles. The number of pyridine rings is 1. The summed E-state index contributed by atoms with van der Waals surface area (Å²) in [5, 5.41) is 3.12. The van der Waals surface area contributed by atoms with Crippen LogP contribution in [0.4, 0.5) is 4.39 Å². The lowest BCUT2D eigenvalue weighted by atomic mass is 9.95. The number of benzene rings is 2. The zero-order valence-electron chi connectivity index (χ0n) is 21.0. The fraction of sp³-hybridized carbons (Fsp3) is 0.300. The molecule has 2 amide bonds. The van der Waals surface area contributed by atoms with E-state index in [1.807, 2.05) is 71.3 Å². The summed E-state index contributed by atoms with van der Waals surface area (Å²) in [6.07, 6.45) is 2.27. The average molecular weight is 499 g/mol. The SMILES string of the molecule is CC(C)c1ccc(C(NC(=O)C2CC(F)CN2C(=O)Cc2cnc3ccccn23)c2ccccc2)cc1. The normalized spacial score (nSPS) is 18.3. The number of likely N-dealkylation sites (tertiary alicyclic amines) is 1. The molecule has 0 saturated carbocycles. The number of hydrogen-bond acceptors (Lipinski definition) is 3. The Balaban J connectivity index is 1.37. The number of hydrogen-bond donors (Lipinski definition) is 1. The molecular formula is C30H31FN4O2. The van der Waals surface area contributed by atoms with Crippen LogP contribution in [0.1, 0.15) is 54.6 Å². The van der Waals surface area contributed by atoms with Gasteiger partial charge in [0.05, 0.1) is 24.7 Å². The first-order chi connectivity index (χ1) is 17.9. The molecule has 1 fully saturated rings. The number of fused-ring (bicyclic) bond motifs is 1. The molecule has 3 unspecified atom stereocenters. The van der Waals surface area contributed by atoms with Gasteiger partial charge in [0.2, 0.25) is 11.8 Å². The van der Waals surface area contributed by atoms with Crippen LogP contribution in [0.5, 0.6) is 0 Å². The van der Waals surface area contributed by atoms with E-state index in [1.54, 1.807) is 6.20 Å². The number of nitrogens with zero attached hydrogens (tertiary/aromatic N) is 3. The fourth-order valence-corrected chi connectivity index (χ4v) is 5.00. The van der Waals surface area contributed by atoms with Crippen LogP contribution in [-0.2, 0) is 16.0 Å². The van der Waals surface area contributed by atoms with Gasteiger partial charge in [-0.05, 0) is 34.7 Å². The predicted molar refractivity (Wildman–Crippen MR) is 141 cm³/mol. The zero-order valence-corrected chi connectivity index (χ0v) is 21.0. The molecule has 190 valence electrons. The number of halogens is 1.